The molecule has 3 aromatic rings. The number of aryl methyl sites for hydroxylation is 1. The zero-order valence-corrected chi connectivity index (χ0v) is 20.2. The van der Waals surface area contributed by atoms with Gasteiger partial charge in [0.15, 0.2) is 0 Å². The summed E-state index contributed by atoms with van der Waals surface area (Å²) >= 11 is 0. The highest BCUT2D eigenvalue weighted by atomic mass is 32.2. The number of aromatic nitrogens is 1. The van der Waals surface area contributed by atoms with E-state index < -0.39 is 20.7 Å². The lowest BCUT2D eigenvalue weighted by Gasteiger charge is -2.32. The minimum absolute atomic E-state index is 0.0966. The number of nitrogens with one attached hydrogen (secondary N) is 1. The van der Waals surface area contributed by atoms with Gasteiger partial charge in [0.25, 0.3) is 21.5 Å². The van der Waals surface area contributed by atoms with Crippen LogP contribution in [0.3, 0.4) is 0 Å². The number of amides is 1. The smallest absolute Gasteiger partial charge is 0.264 e. The number of hydrogen-bond donors (Lipinski definition) is 1. The van der Waals surface area contributed by atoms with Gasteiger partial charge in [-0.05, 0) is 49.4 Å². The number of sulfonamides is 1. The van der Waals surface area contributed by atoms with Crippen molar-refractivity contribution in [3.63, 3.8) is 0 Å². The molecule has 1 N–H and O–H groups in total. The second kappa shape index (κ2) is 9.91. The summed E-state index contributed by atoms with van der Waals surface area (Å²) in [5.74, 6) is -0.482. The van der Waals surface area contributed by atoms with Crippen LogP contribution in [-0.2, 0) is 17.1 Å². The summed E-state index contributed by atoms with van der Waals surface area (Å²) in [5, 5.41) is 0. The molecule has 1 fully saturated rings. The van der Waals surface area contributed by atoms with Crippen molar-refractivity contribution in [2.45, 2.75) is 30.8 Å². The zero-order chi connectivity index (χ0) is 25.2. The van der Waals surface area contributed by atoms with Crippen molar-refractivity contribution in [3.05, 3.63) is 88.1 Å². The second-order valence-electron chi connectivity index (χ2n) is 8.45. The average Bonchev–Trinajstić information content (AvgIpc) is 2.83. The Bertz CT molecular complexity index is 1400. The zero-order valence-electron chi connectivity index (χ0n) is 19.4. The van der Waals surface area contributed by atoms with Crippen LogP contribution in [0.2, 0.25) is 0 Å². The fourth-order valence-corrected chi connectivity index (χ4v) is 5.05. The number of carbonyl (C=O) groups excluding carboxylic acids is 1. The maximum Gasteiger partial charge on any atom is 0.264 e. The van der Waals surface area contributed by atoms with E-state index in [-0.39, 0.29) is 23.3 Å². The van der Waals surface area contributed by atoms with Crippen molar-refractivity contribution in [2.75, 3.05) is 17.8 Å². The molecule has 4 rings (SSSR count). The SMILES string of the molecule is Cc1cc(OC2CCN(C(=O)c3ccc(NS(=O)(=O)c4ccccc4F)cc3)CC2)cc(=O)n1C. The molecule has 2 aromatic carbocycles. The number of piperidine rings is 1. The van der Waals surface area contributed by atoms with Crippen molar-refractivity contribution < 1.29 is 22.3 Å². The minimum atomic E-state index is -4.09. The predicted octanol–water partition coefficient (Wildman–Crippen LogP) is 3.32. The number of ether oxygens (including phenoxy) is 1. The van der Waals surface area contributed by atoms with E-state index in [1.807, 2.05) is 13.0 Å². The number of likely N-dealkylation sites (tertiary alicyclic amines) is 1. The molecule has 1 saturated heterocycles. The maximum atomic E-state index is 13.9. The lowest BCUT2D eigenvalue weighted by Crippen LogP contribution is -2.41. The number of benzene rings is 2. The molecule has 0 aliphatic carbocycles. The van der Waals surface area contributed by atoms with E-state index in [0.29, 0.717) is 37.2 Å². The molecule has 1 aliphatic heterocycles. The molecule has 0 radical (unpaired) electrons. The number of rotatable bonds is 6. The molecular formula is C25H26FN3O5S. The van der Waals surface area contributed by atoms with Gasteiger partial charge in [0.1, 0.15) is 22.6 Å². The number of anilines is 1. The van der Waals surface area contributed by atoms with Crippen LogP contribution in [0, 0.1) is 12.7 Å². The summed E-state index contributed by atoms with van der Waals surface area (Å²) < 4.78 is 48.6. The summed E-state index contributed by atoms with van der Waals surface area (Å²) in [6, 6.07) is 14.4. The van der Waals surface area contributed by atoms with Crippen molar-refractivity contribution in [1.29, 1.82) is 0 Å². The number of carbonyl (C=O) groups is 1. The van der Waals surface area contributed by atoms with Gasteiger partial charge in [-0.2, -0.15) is 0 Å². The molecule has 0 unspecified atom stereocenters. The first-order valence-corrected chi connectivity index (χ1v) is 12.6. The fourth-order valence-electron chi connectivity index (χ4n) is 3.91. The van der Waals surface area contributed by atoms with Crippen molar-refractivity contribution in [3.8, 4) is 5.75 Å². The van der Waals surface area contributed by atoms with Crippen LogP contribution >= 0.6 is 0 Å². The van der Waals surface area contributed by atoms with E-state index in [2.05, 4.69) is 4.72 Å². The molecule has 0 bridgehead atoms. The molecule has 1 amide bonds. The molecule has 0 atom stereocenters. The quantitative estimate of drug-likeness (QED) is 0.561. The van der Waals surface area contributed by atoms with E-state index in [9.17, 15) is 22.4 Å². The van der Waals surface area contributed by atoms with Crippen molar-refractivity contribution in [2.24, 2.45) is 7.05 Å². The fraction of sp³-hybridized carbons (Fsp3) is 0.280. The number of nitrogens with zero attached hydrogens (tertiary/aromatic N) is 2. The van der Waals surface area contributed by atoms with Gasteiger partial charge in [-0.1, -0.05) is 12.1 Å². The second-order valence-corrected chi connectivity index (χ2v) is 10.1. The lowest BCUT2D eigenvalue weighted by molar-refractivity contribution is 0.0595. The summed E-state index contributed by atoms with van der Waals surface area (Å²) in [6.07, 6.45) is 1.15. The summed E-state index contributed by atoms with van der Waals surface area (Å²) in [5.41, 5.74) is 1.31. The van der Waals surface area contributed by atoms with Crippen LogP contribution in [0.1, 0.15) is 28.9 Å². The third kappa shape index (κ3) is 5.54. The Morgan fingerprint density at radius 3 is 2.34 bits per heavy atom. The average molecular weight is 500 g/mol. The first-order chi connectivity index (χ1) is 16.6. The van der Waals surface area contributed by atoms with Gasteiger partial charge in [0.2, 0.25) is 0 Å². The molecule has 1 aromatic heterocycles. The largest absolute Gasteiger partial charge is 0.490 e. The van der Waals surface area contributed by atoms with Crippen molar-refractivity contribution in [1.82, 2.24) is 9.47 Å². The monoisotopic (exact) mass is 499 g/mol. The van der Waals surface area contributed by atoms with E-state index >= 15 is 0 Å². The van der Waals surface area contributed by atoms with Crippen LogP contribution < -0.4 is 15.0 Å². The Morgan fingerprint density at radius 2 is 1.71 bits per heavy atom. The predicted molar refractivity (Wildman–Crippen MR) is 130 cm³/mol. The number of hydrogen-bond acceptors (Lipinski definition) is 5. The normalized spacial score (nSPS) is 14.5. The van der Waals surface area contributed by atoms with Crippen LogP contribution in [0.5, 0.6) is 5.75 Å². The standard InChI is InChI=1S/C25H26FN3O5S/c1-17-15-21(16-24(30)28(17)2)34-20-11-13-29(14-12-20)25(31)18-7-9-19(10-8-18)27-35(32,33)23-6-4-3-5-22(23)26/h3-10,15-16,20,27H,11-14H2,1-2H3. The van der Waals surface area contributed by atoms with Crippen LogP contribution in [0.15, 0.2) is 70.4 Å². The van der Waals surface area contributed by atoms with Crippen LogP contribution in [-0.4, -0.2) is 43.0 Å². The van der Waals surface area contributed by atoms with Gasteiger partial charge in [-0.25, -0.2) is 12.8 Å². The van der Waals surface area contributed by atoms with Gasteiger partial charge in [0, 0.05) is 56.0 Å². The maximum absolute atomic E-state index is 13.9. The molecule has 8 nitrogen and oxygen atoms in total. The van der Waals surface area contributed by atoms with E-state index in [4.69, 9.17) is 4.74 Å². The van der Waals surface area contributed by atoms with Crippen LogP contribution in [0.25, 0.3) is 0 Å². The van der Waals surface area contributed by atoms with E-state index in [0.717, 1.165) is 11.8 Å². The molecule has 184 valence electrons. The third-order valence-electron chi connectivity index (χ3n) is 6.02. The van der Waals surface area contributed by atoms with Gasteiger partial charge in [-0.3, -0.25) is 14.3 Å². The lowest BCUT2D eigenvalue weighted by atomic mass is 10.1. The first kappa shape index (κ1) is 24.5. The molecule has 35 heavy (non-hydrogen) atoms. The molecule has 1 aliphatic rings. The van der Waals surface area contributed by atoms with E-state index in [1.54, 1.807) is 16.5 Å². The Labute approximate surface area is 203 Å². The third-order valence-corrected chi connectivity index (χ3v) is 7.43. The Kier molecular flexibility index (Phi) is 6.93. The number of halogens is 1. The molecule has 0 saturated carbocycles. The molecule has 2 heterocycles. The van der Waals surface area contributed by atoms with Crippen molar-refractivity contribution >= 4 is 21.6 Å². The Morgan fingerprint density at radius 1 is 1.06 bits per heavy atom. The number of pyridine rings is 1. The molecular weight excluding hydrogens is 473 g/mol. The highest BCUT2D eigenvalue weighted by Crippen LogP contribution is 2.22. The Balaban J connectivity index is 1.35. The Hall–Kier alpha value is -3.66. The van der Waals surface area contributed by atoms with Gasteiger partial charge >= 0.3 is 0 Å². The van der Waals surface area contributed by atoms with Gasteiger partial charge in [0.05, 0.1) is 0 Å². The molecule has 10 heteroatoms. The van der Waals surface area contributed by atoms with E-state index in [1.165, 1.54) is 48.5 Å². The summed E-state index contributed by atoms with van der Waals surface area (Å²) in [7, 11) is -2.39. The minimum Gasteiger partial charge on any atom is -0.490 e. The first-order valence-electron chi connectivity index (χ1n) is 11.1. The highest BCUT2D eigenvalue weighted by molar-refractivity contribution is 7.92. The highest BCUT2D eigenvalue weighted by Gasteiger charge is 2.25. The van der Waals surface area contributed by atoms with Gasteiger partial charge < -0.3 is 14.2 Å². The van der Waals surface area contributed by atoms with Gasteiger partial charge in [-0.15, -0.1) is 0 Å². The summed E-state index contributed by atoms with van der Waals surface area (Å²) in [4.78, 5) is 26.1. The topological polar surface area (TPSA) is 97.7 Å². The summed E-state index contributed by atoms with van der Waals surface area (Å²) in [6.45, 7) is 2.83. The molecule has 0 spiro atoms. The van der Waals surface area contributed by atoms with Crippen LogP contribution in [0.4, 0.5) is 10.1 Å².